The Morgan fingerprint density at radius 3 is 2.77 bits per heavy atom. The van der Waals surface area contributed by atoms with Gasteiger partial charge in [-0.3, -0.25) is 14.6 Å². The second-order valence-electron chi connectivity index (χ2n) is 9.27. The first-order valence-corrected chi connectivity index (χ1v) is 13.6. The Bertz CT molecular complexity index is 1120. The highest BCUT2D eigenvalue weighted by Crippen LogP contribution is 2.33. The van der Waals surface area contributed by atoms with Gasteiger partial charge in [0, 0.05) is 31.7 Å². The van der Waals surface area contributed by atoms with E-state index in [-0.39, 0.29) is 5.91 Å². The van der Waals surface area contributed by atoms with Gasteiger partial charge in [-0.2, -0.15) is 0 Å². The van der Waals surface area contributed by atoms with Crippen molar-refractivity contribution in [1.29, 1.82) is 0 Å². The van der Waals surface area contributed by atoms with E-state index in [1.165, 1.54) is 11.1 Å². The van der Waals surface area contributed by atoms with E-state index in [0.29, 0.717) is 18.7 Å². The van der Waals surface area contributed by atoms with Gasteiger partial charge in [-0.25, -0.2) is 4.98 Å². The highest BCUT2D eigenvalue weighted by atomic mass is 32.1. The number of nitrogens with zero attached hydrogens (tertiary/aromatic N) is 3. The molecule has 0 atom stereocenters. The zero-order valence-electron chi connectivity index (χ0n) is 21.2. The van der Waals surface area contributed by atoms with Crippen LogP contribution in [0.5, 0.6) is 5.75 Å². The molecule has 0 saturated carbocycles. The Balaban J connectivity index is 1.55. The molecule has 2 aromatic carbocycles. The van der Waals surface area contributed by atoms with Gasteiger partial charge in [0.1, 0.15) is 5.75 Å². The average Bonchev–Trinajstić information content (AvgIpc) is 3.29. The van der Waals surface area contributed by atoms with Crippen molar-refractivity contribution in [3.05, 3.63) is 53.1 Å². The number of anilines is 1. The van der Waals surface area contributed by atoms with Crippen LogP contribution < -0.4 is 9.64 Å². The molecule has 1 aliphatic rings. The smallest absolute Gasteiger partial charge is 0.260 e. The molecular weight excluding hydrogens is 458 g/mol. The van der Waals surface area contributed by atoms with E-state index in [2.05, 4.69) is 37.8 Å². The van der Waals surface area contributed by atoms with Crippen LogP contribution in [0.25, 0.3) is 10.2 Å². The van der Waals surface area contributed by atoms with E-state index in [4.69, 9.17) is 14.5 Å². The number of thiazole rings is 1. The summed E-state index contributed by atoms with van der Waals surface area (Å²) in [5.41, 5.74) is 3.98. The zero-order valence-corrected chi connectivity index (χ0v) is 22.0. The van der Waals surface area contributed by atoms with E-state index < -0.39 is 0 Å². The summed E-state index contributed by atoms with van der Waals surface area (Å²) in [4.78, 5) is 22.9. The number of hydrogen-bond acceptors (Lipinski definition) is 6. The molecule has 6 nitrogen and oxygen atoms in total. The second-order valence-corrected chi connectivity index (χ2v) is 10.3. The maximum atomic E-state index is 13.8. The minimum absolute atomic E-state index is 0.0283. The average molecular weight is 496 g/mol. The summed E-state index contributed by atoms with van der Waals surface area (Å²) in [7, 11) is 0. The molecule has 0 N–H and O–H groups in total. The van der Waals surface area contributed by atoms with Crippen LogP contribution in [0.2, 0.25) is 0 Å². The molecule has 0 bridgehead atoms. The molecule has 1 saturated heterocycles. The number of fused-ring (bicyclic) bond motifs is 1. The standard InChI is InChI=1S/C28H37N3O3S/c1-4-5-6-15-34-24-10-7-9-23(20-24)27(32)31(12-8-11-30-13-16-33-17-14-30)28-29-25-19-21(2)18-22(3)26(25)35-28/h7,9-10,18-20H,4-6,8,11-17H2,1-3H3. The molecule has 7 heteroatoms. The second kappa shape index (κ2) is 12.5. The summed E-state index contributed by atoms with van der Waals surface area (Å²) in [6.07, 6.45) is 4.20. The van der Waals surface area contributed by atoms with E-state index in [9.17, 15) is 4.79 Å². The van der Waals surface area contributed by atoms with Gasteiger partial charge in [0.2, 0.25) is 0 Å². The molecule has 0 unspecified atom stereocenters. The molecule has 2 heterocycles. The predicted molar refractivity (Wildman–Crippen MR) is 144 cm³/mol. The van der Waals surface area contributed by atoms with Gasteiger partial charge in [-0.1, -0.05) is 43.2 Å². The van der Waals surface area contributed by atoms with Crippen molar-refractivity contribution in [3.8, 4) is 5.75 Å². The monoisotopic (exact) mass is 495 g/mol. The van der Waals surface area contributed by atoms with Gasteiger partial charge >= 0.3 is 0 Å². The van der Waals surface area contributed by atoms with Crippen LogP contribution >= 0.6 is 11.3 Å². The van der Waals surface area contributed by atoms with Crippen molar-refractivity contribution in [1.82, 2.24) is 9.88 Å². The first-order chi connectivity index (χ1) is 17.0. The van der Waals surface area contributed by atoms with E-state index >= 15 is 0 Å². The Hall–Kier alpha value is -2.48. The van der Waals surface area contributed by atoms with Gasteiger partial charge in [0.25, 0.3) is 5.91 Å². The zero-order chi connectivity index (χ0) is 24.6. The van der Waals surface area contributed by atoms with Crippen LogP contribution in [0, 0.1) is 13.8 Å². The van der Waals surface area contributed by atoms with Gasteiger partial charge in [0.15, 0.2) is 5.13 Å². The number of rotatable bonds is 11. The Kier molecular flexibility index (Phi) is 9.12. The third-order valence-corrected chi connectivity index (χ3v) is 7.57. The van der Waals surface area contributed by atoms with E-state index in [1.54, 1.807) is 11.3 Å². The van der Waals surface area contributed by atoms with Crippen LogP contribution in [0.15, 0.2) is 36.4 Å². The van der Waals surface area contributed by atoms with Gasteiger partial charge in [0.05, 0.1) is 30.0 Å². The summed E-state index contributed by atoms with van der Waals surface area (Å²) in [5.74, 6) is 0.718. The minimum Gasteiger partial charge on any atom is -0.494 e. The fraction of sp³-hybridized carbons (Fsp3) is 0.500. The van der Waals surface area contributed by atoms with Crippen LogP contribution in [-0.4, -0.2) is 61.8 Å². The molecule has 4 rings (SSSR count). The Morgan fingerprint density at radius 2 is 1.97 bits per heavy atom. The van der Waals surface area contributed by atoms with Crippen molar-refractivity contribution >= 4 is 32.6 Å². The summed E-state index contributed by atoms with van der Waals surface area (Å²) >= 11 is 1.60. The summed E-state index contributed by atoms with van der Waals surface area (Å²) in [5, 5.41) is 0.759. The fourth-order valence-corrected chi connectivity index (χ4v) is 5.50. The molecular formula is C28H37N3O3S. The Morgan fingerprint density at radius 1 is 1.14 bits per heavy atom. The van der Waals surface area contributed by atoms with Gasteiger partial charge in [-0.15, -0.1) is 0 Å². The number of unbranched alkanes of at least 4 members (excludes halogenated alkanes) is 2. The lowest BCUT2D eigenvalue weighted by Crippen LogP contribution is -2.39. The first kappa shape index (κ1) is 25.6. The number of amides is 1. The van der Waals surface area contributed by atoms with Crippen LogP contribution in [-0.2, 0) is 4.74 Å². The lowest BCUT2D eigenvalue weighted by molar-refractivity contribution is 0.0376. The Labute approximate surface area is 212 Å². The SMILES string of the molecule is CCCCCOc1cccc(C(=O)N(CCCN2CCOCC2)c2nc3cc(C)cc(C)c3s2)c1. The molecule has 1 aromatic heterocycles. The van der Waals surface area contributed by atoms with E-state index in [0.717, 1.165) is 79.6 Å². The normalized spacial score (nSPS) is 14.4. The molecule has 0 aliphatic carbocycles. The topological polar surface area (TPSA) is 54.9 Å². The first-order valence-electron chi connectivity index (χ1n) is 12.8. The van der Waals surface area contributed by atoms with E-state index in [1.807, 2.05) is 29.2 Å². The number of hydrogen-bond donors (Lipinski definition) is 0. The summed E-state index contributed by atoms with van der Waals surface area (Å²) < 4.78 is 12.5. The maximum Gasteiger partial charge on any atom is 0.260 e. The summed E-state index contributed by atoms with van der Waals surface area (Å²) in [6, 6.07) is 11.8. The number of carbonyl (C=O) groups is 1. The number of aryl methyl sites for hydroxylation is 2. The molecule has 1 fully saturated rings. The largest absolute Gasteiger partial charge is 0.494 e. The van der Waals surface area contributed by atoms with Crippen LogP contribution in [0.1, 0.15) is 54.1 Å². The van der Waals surface area contributed by atoms with Crippen LogP contribution in [0.3, 0.4) is 0 Å². The minimum atomic E-state index is -0.0283. The van der Waals surface area contributed by atoms with Gasteiger partial charge in [-0.05, 0) is 62.1 Å². The molecule has 188 valence electrons. The molecule has 3 aromatic rings. The molecule has 0 radical (unpaired) electrons. The maximum absolute atomic E-state index is 13.8. The third kappa shape index (κ3) is 6.81. The number of morpholine rings is 1. The van der Waals surface area contributed by atoms with Crippen molar-refractivity contribution in [2.75, 3.05) is 50.9 Å². The molecule has 0 spiro atoms. The third-order valence-electron chi connectivity index (χ3n) is 6.34. The summed E-state index contributed by atoms with van der Waals surface area (Å²) in [6.45, 7) is 12.1. The van der Waals surface area contributed by atoms with Crippen molar-refractivity contribution in [2.24, 2.45) is 0 Å². The van der Waals surface area contributed by atoms with Gasteiger partial charge < -0.3 is 9.47 Å². The lowest BCUT2D eigenvalue weighted by atomic mass is 10.1. The highest BCUT2D eigenvalue weighted by Gasteiger charge is 2.23. The molecule has 1 aliphatic heterocycles. The lowest BCUT2D eigenvalue weighted by Gasteiger charge is -2.27. The number of aromatic nitrogens is 1. The fourth-order valence-electron chi connectivity index (χ4n) is 4.46. The number of benzene rings is 2. The number of carbonyl (C=O) groups excluding carboxylic acids is 1. The van der Waals surface area contributed by atoms with Crippen molar-refractivity contribution < 1.29 is 14.3 Å². The highest BCUT2D eigenvalue weighted by molar-refractivity contribution is 7.22. The van der Waals surface area contributed by atoms with Crippen molar-refractivity contribution in [3.63, 3.8) is 0 Å². The van der Waals surface area contributed by atoms with Crippen molar-refractivity contribution in [2.45, 2.75) is 46.5 Å². The van der Waals surface area contributed by atoms with Crippen LogP contribution in [0.4, 0.5) is 5.13 Å². The molecule has 1 amide bonds. The predicted octanol–water partition coefficient (Wildman–Crippen LogP) is 5.85. The molecule has 35 heavy (non-hydrogen) atoms. The quantitative estimate of drug-likeness (QED) is 0.312. The number of ether oxygens (including phenoxy) is 2.